The molecule has 1 aliphatic rings. The van der Waals surface area contributed by atoms with Crippen LogP contribution in [0.25, 0.3) is 5.69 Å². The summed E-state index contributed by atoms with van der Waals surface area (Å²) in [6.45, 7) is 6.30. The molecule has 0 saturated carbocycles. The smallest absolute Gasteiger partial charge is 0.224 e. The van der Waals surface area contributed by atoms with Crippen molar-refractivity contribution in [2.24, 2.45) is 0 Å². The fraction of sp³-hybridized carbons (Fsp3) is 0.273. The van der Waals surface area contributed by atoms with Gasteiger partial charge < -0.3 is 10.6 Å². The number of amides is 1. The van der Waals surface area contributed by atoms with Gasteiger partial charge in [-0.3, -0.25) is 4.79 Å². The van der Waals surface area contributed by atoms with Crippen LogP contribution in [0.15, 0.2) is 42.5 Å². The monoisotopic (exact) mass is 430 g/mol. The first kappa shape index (κ1) is 21.4. The Hall–Kier alpha value is -2.34. The van der Waals surface area contributed by atoms with Crippen LogP contribution in [0.2, 0.25) is 5.02 Å². The number of benzene rings is 2. The van der Waals surface area contributed by atoms with Crippen LogP contribution in [-0.4, -0.2) is 15.7 Å². The van der Waals surface area contributed by atoms with Crippen LogP contribution in [0.5, 0.6) is 0 Å². The molecule has 2 heterocycles. The number of hydrogen-bond donors (Lipinski definition) is 2. The summed E-state index contributed by atoms with van der Waals surface area (Å²) < 4.78 is 1.86. The van der Waals surface area contributed by atoms with Gasteiger partial charge in [0.05, 0.1) is 17.8 Å². The summed E-state index contributed by atoms with van der Waals surface area (Å²) in [5.74, 6) is 0.000444. The van der Waals surface area contributed by atoms with E-state index in [1.807, 2.05) is 42.8 Å². The molecule has 0 aliphatic carbocycles. The number of carbonyl (C=O) groups excluding carboxylic acids is 1. The topological polar surface area (TPSA) is 59.0 Å². The van der Waals surface area contributed by atoms with Crippen LogP contribution < -0.4 is 10.6 Å². The highest BCUT2D eigenvalue weighted by molar-refractivity contribution is 6.30. The highest BCUT2D eigenvalue weighted by Crippen LogP contribution is 2.20. The molecule has 0 fully saturated rings. The maximum atomic E-state index is 12.5. The lowest BCUT2D eigenvalue weighted by molar-refractivity contribution is -0.120. The third-order valence-electron chi connectivity index (χ3n) is 5.24. The summed E-state index contributed by atoms with van der Waals surface area (Å²) in [5.41, 5.74) is 7.53. The normalized spacial score (nSPS) is 12.4. The predicted octanol–water partition coefficient (Wildman–Crippen LogP) is 4.03. The largest absolute Gasteiger partial charge is 0.352 e. The molecule has 1 amide bonds. The Morgan fingerprint density at radius 2 is 1.86 bits per heavy atom. The third-order valence-corrected chi connectivity index (χ3v) is 5.49. The van der Waals surface area contributed by atoms with Crippen molar-refractivity contribution in [1.29, 1.82) is 0 Å². The molecule has 4 rings (SSSR count). The van der Waals surface area contributed by atoms with Gasteiger partial charge in [0, 0.05) is 35.9 Å². The molecule has 0 saturated heterocycles. The molecule has 5 nitrogen and oxygen atoms in total. The Morgan fingerprint density at radius 1 is 1.14 bits per heavy atom. The average molecular weight is 431 g/mol. The van der Waals surface area contributed by atoms with Gasteiger partial charge in [-0.2, -0.15) is 5.10 Å². The maximum Gasteiger partial charge on any atom is 0.224 e. The van der Waals surface area contributed by atoms with Crippen molar-refractivity contribution >= 4 is 29.9 Å². The van der Waals surface area contributed by atoms with Crippen molar-refractivity contribution in [1.82, 2.24) is 20.4 Å². The van der Waals surface area contributed by atoms with Gasteiger partial charge in [0.2, 0.25) is 5.91 Å². The van der Waals surface area contributed by atoms with Crippen LogP contribution in [0.3, 0.4) is 0 Å². The summed E-state index contributed by atoms with van der Waals surface area (Å²) in [4.78, 5) is 12.5. The quantitative estimate of drug-likeness (QED) is 0.642. The lowest BCUT2D eigenvalue weighted by Crippen LogP contribution is -2.25. The molecule has 0 atom stereocenters. The number of aryl methyl sites for hydroxylation is 1. The molecule has 29 heavy (non-hydrogen) atoms. The van der Waals surface area contributed by atoms with Gasteiger partial charge in [0.15, 0.2) is 0 Å². The first-order chi connectivity index (χ1) is 13.5. The van der Waals surface area contributed by atoms with Crippen LogP contribution >= 0.6 is 24.0 Å². The number of hydrogen-bond acceptors (Lipinski definition) is 3. The van der Waals surface area contributed by atoms with E-state index >= 15 is 0 Å². The summed E-state index contributed by atoms with van der Waals surface area (Å²) in [6.07, 6.45) is 0.317. The van der Waals surface area contributed by atoms with Crippen LogP contribution in [0.4, 0.5) is 0 Å². The predicted molar refractivity (Wildman–Crippen MR) is 118 cm³/mol. The van der Waals surface area contributed by atoms with Crippen LogP contribution in [-0.2, 0) is 30.8 Å². The van der Waals surface area contributed by atoms with Gasteiger partial charge in [-0.1, -0.05) is 29.8 Å². The Bertz CT molecular complexity index is 1030. The summed E-state index contributed by atoms with van der Waals surface area (Å²) in [5, 5.41) is 11.7. The number of carbonyl (C=O) groups is 1. The van der Waals surface area contributed by atoms with E-state index in [0.29, 0.717) is 18.0 Å². The Kier molecular flexibility index (Phi) is 6.63. The fourth-order valence-electron chi connectivity index (χ4n) is 3.65. The van der Waals surface area contributed by atoms with Gasteiger partial charge in [-0.05, 0) is 54.8 Å². The maximum absolute atomic E-state index is 12.5. The second-order valence-electron chi connectivity index (χ2n) is 7.20. The lowest BCUT2D eigenvalue weighted by Gasteiger charge is -2.08. The zero-order valence-corrected chi connectivity index (χ0v) is 18.0. The number of nitrogens with zero attached hydrogens (tertiary/aromatic N) is 2. The van der Waals surface area contributed by atoms with Crippen molar-refractivity contribution in [3.05, 3.63) is 81.1 Å². The van der Waals surface area contributed by atoms with E-state index in [1.165, 1.54) is 11.1 Å². The van der Waals surface area contributed by atoms with Gasteiger partial charge in [-0.15, -0.1) is 12.4 Å². The fourth-order valence-corrected chi connectivity index (χ4v) is 3.77. The minimum Gasteiger partial charge on any atom is -0.352 e. The second-order valence-corrected chi connectivity index (χ2v) is 7.63. The van der Waals surface area contributed by atoms with E-state index in [4.69, 9.17) is 11.6 Å². The van der Waals surface area contributed by atoms with Gasteiger partial charge >= 0.3 is 0 Å². The first-order valence-corrected chi connectivity index (χ1v) is 9.78. The standard InChI is InChI=1S/C22H23ClN4O.ClH/c1-14-21(15(2)27(26-14)20-7-5-19(23)6-8-20)10-22(28)25-11-16-3-4-17-12-24-13-18(17)9-16;/h3-9,24H,10-13H2,1-2H3,(H,25,28);1H. The minimum absolute atomic E-state index is 0. The number of rotatable bonds is 5. The van der Waals surface area contributed by atoms with Crippen LogP contribution in [0, 0.1) is 13.8 Å². The highest BCUT2D eigenvalue weighted by Gasteiger charge is 2.16. The van der Waals surface area contributed by atoms with Crippen molar-refractivity contribution in [2.75, 3.05) is 0 Å². The van der Waals surface area contributed by atoms with E-state index in [9.17, 15) is 4.79 Å². The second kappa shape index (κ2) is 8.99. The average Bonchev–Trinajstić information content (AvgIpc) is 3.26. The molecule has 0 spiro atoms. The first-order valence-electron chi connectivity index (χ1n) is 9.40. The summed E-state index contributed by atoms with van der Waals surface area (Å²) in [6, 6.07) is 13.9. The Labute approximate surface area is 181 Å². The molecule has 152 valence electrons. The molecule has 1 aromatic heterocycles. The number of nitrogens with one attached hydrogen (secondary N) is 2. The molecular formula is C22H24Cl2N4O. The molecule has 7 heteroatoms. The van der Waals surface area contributed by atoms with Gasteiger partial charge in [0.1, 0.15) is 0 Å². The molecule has 0 radical (unpaired) electrons. The van der Waals surface area contributed by atoms with Crippen molar-refractivity contribution in [3.63, 3.8) is 0 Å². The minimum atomic E-state index is 0. The van der Waals surface area contributed by atoms with Crippen molar-refractivity contribution < 1.29 is 4.79 Å². The zero-order valence-electron chi connectivity index (χ0n) is 16.5. The lowest BCUT2D eigenvalue weighted by atomic mass is 10.1. The van der Waals surface area contributed by atoms with E-state index < -0.39 is 0 Å². The van der Waals surface area contributed by atoms with E-state index in [0.717, 1.165) is 41.3 Å². The SMILES string of the molecule is Cc1nn(-c2ccc(Cl)cc2)c(C)c1CC(=O)NCc1ccc2c(c1)CNC2.Cl. The zero-order chi connectivity index (χ0) is 19.7. The molecular weight excluding hydrogens is 407 g/mol. The van der Waals surface area contributed by atoms with Crippen molar-refractivity contribution in [2.45, 2.75) is 39.9 Å². The summed E-state index contributed by atoms with van der Waals surface area (Å²) >= 11 is 5.97. The van der Waals surface area contributed by atoms with E-state index in [1.54, 1.807) is 0 Å². The molecule has 1 aliphatic heterocycles. The summed E-state index contributed by atoms with van der Waals surface area (Å²) in [7, 11) is 0. The number of aromatic nitrogens is 2. The van der Waals surface area contributed by atoms with E-state index in [2.05, 4.69) is 33.9 Å². The van der Waals surface area contributed by atoms with E-state index in [-0.39, 0.29) is 18.3 Å². The Morgan fingerprint density at radius 3 is 2.62 bits per heavy atom. The number of halogens is 2. The highest BCUT2D eigenvalue weighted by atomic mass is 35.5. The molecule has 3 aromatic rings. The molecule has 2 N–H and O–H groups in total. The molecule has 2 aromatic carbocycles. The molecule has 0 bridgehead atoms. The van der Waals surface area contributed by atoms with Gasteiger partial charge in [-0.25, -0.2) is 4.68 Å². The van der Waals surface area contributed by atoms with Crippen LogP contribution in [0.1, 0.15) is 33.6 Å². The van der Waals surface area contributed by atoms with Gasteiger partial charge in [0.25, 0.3) is 0 Å². The Balaban J connectivity index is 0.00000240. The van der Waals surface area contributed by atoms with Crippen molar-refractivity contribution in [3.8, 4) is 5.69 Å². The third kappa shape index (κ3) is 4.64. The molecule has 0 unspecified atom stereocenters. The number of fused-ring (bicyclic) bond motifs is 1.